The lowest BCUT2D eigenvalue weighted by Gasteiger charge is -2.35. The number of hydrogen-bond acceptors (Lipinski definition) is 6. The maximum absolute atomic E-state index is 13.3. The summed E-state index contributed by atoms with van der Waals surface area (Å²) in [5.74, 6) is -5.20. The van der Waals surface area contributed by atoms with Gasteiger partial charge >= 0.3 is 6.18 Å². The smallest absolute Gasteiger partial charge is 0.416 e. The molecule has 1 aliphatic rings. The summed E-state index contributed by atoms with van der Waals surface area (Å²) in [6.45, 7) is 0. The predicted octanol–water partition coefficient (Wildman–Crippen LogP) is 1.43. The van der Waals surface area contributed by atoms with E-state index in [1.54, 1.807) is 12.1 Å². The minimum atomic E-state index is -4.71. The van der Waals surface area contributed by atoms with Crippen LogP contribution < -0.4 is 15.7 Å². The number of halogens is 3. The zero-order chi connectivity index (χ0) is 24.3. The molecule has 0 spiro atoms. The van der Waals surface area contributed by atoms with E-state index in [9.17, 15) is 37.8 Å². The highest BCUT2D eigenvalue weighted by Crippen LogP contribution is 2.37. The molecule has 2 aromatic rings. The number of carboxylic acids is 1. The van der Waals surface area contributed by atoms with Gasteiger partial charge in [-0.1, -0.05) is 12.1 Å². The van der Waals surface area contributed by atoms with Crippen molar-refractivity contribution in [2.24, 2.45) is 11.8 Å². The van der Waals surface area contributed by atoms with Gasteiger partial charge in [-0.15, -0.1) is 0 Å². The third-order valence-electron chi connectivity index (χ3n) is 5.55. The summed E-state index contributed by atoms with van der Waals surface area (Å²) < 4.78 is 39.8. The second-order valence-corrected chi connectivity index (χ2v) is 7.75. The molecule has 1 saturated carbocycles. The number of anilines is 3. The number of amides is 1. The van der Waals surface area contributed by atoms with Gasteiger partial charge in [0.15, 0.2) is 12.4 Å². The number of benzene rings is 2. The van der Waals surface area contributed by atoms with E-state index in [1.807, 2.05) is 0 Å². The minimum absolute atomic E-state index is 0.0360. The van der Waals surface area contributed by atoms with Crippen LogP contribution in [0.3, 0.4) is 0 Å². The van der Waals surface area contributed by atoms with E-state index in [-0.39, 0.29) is 35.5 Å². The lowest BCUT2D eigenvalue weighted by molar-refractivity contribution is -0.315. The number of aldehydes is 1. The third kappa shape index (κ3) is 5.49. The number of carbonyl (C=O) groups is 3. The molecular weight excluding hydrogens is 445 g/mol. The van der Waals surface area contributed by atoms with Gasteiger partial charge in [0, 0.05) is 29.6 Å². The van der Waals surface area contributed by atoms with Gasteiger partial charge in [-0.3, -0.25) is 9.59 Å². The molecule has 33 heavy (non-hydrogen) atoms. The van der Waals surface area contributed by atoms with Crippen molar-refractivity contribution in [2.45, 2.75) is 31.2 Å². The van der Waals surface area contributed by atoms with Crippen molar-refractivity contribution >= 4 is 35.2 Å². The van der Waals surface area contributed by atoms with Gasteiger partial charge in [-0.2, -0.15) is 13.2 Å². The number of carbonyl (C=O) groups excluding carboxylic acids is 3. The highest BCUT2D eigenvalue weighted by Gasteiger charge is 2.42. The van der Waals surface area contributed by atoms with Crippen molar-refractivity contribution < 1.29 is 42.9 Å². The van der Waals surface area contributed by atoms with E-state index in [4.69, 9.17) is 5.11 Å². The first-order valence-corrected chi connectivity index (χ1v) is 9.94. The monoisotopic (exact) mass is 466 g/mol. The number of aliphatic hydroxyl groups is 1. The fourth-order valence-corrected chi connectivity index (χ4v) is 3.75. The van der Waals surface area contributed by atoms with Crippen LogP contribution in [0.15, 0.2) is 42.5 Å². The average Bonchev–Trinajstić information content (AvgIpc) is 2.75. The Bertz CT molecular complexity index is 1060. The molecule has 0 heterocycles. The average molecular weight is 466 g/mol. The molecule has 1 amide bonds. The SMILES string of the molecule is O=Cc1ccccc1Nc1ccc(C(F)(F)F)cc1NC(=O)[C@H]1CC([OH2+])C(O)C[C@H]1C(=O)[O-]. The molecule has 4 atom stereocenters. The van der Waals surface area contributed by atoms with E-state index >= 15 is 0 Å². The summed E-state index contributed by atoms with van der Waals surface area (Å²) in [5, 5.41) is 34.2. The molecule has 3 rings (SSSR count). The number of aliphatic carboxylic acids is 1. The van der Waals surface area contributed by atoms with Gasteiger partial charge in [-0.25, -0.2) is 0 Å². The number of nitrogens with one attached hydrogen (secondary N) is 2. The van der Waals surface area contributed by atoms with Gasteiger partial charge in [0.05, 0.1) is 22.9 Å². The topological polar surface area (TPSA) is 141 Å². The Balaban J connectivity index is 1.96. The Morgan fingerprint density at radius 2 is 1.76 bits per heavy atom. The lowest BCUT2D eigenvalue weighted by Crippen LogP contribution is -2.49. The van der Waals surface area contributed by atoms with Crippen LogP contribution in [0.5, 0.6) is 0 Å². The van der Waals surface area contributed by atoms with Gasteiger partial charge < -0.3 is 30.7 Å². The summed E-state index contributed by atoms with van der Waals surface area (Å²) in [5.41, 5.74) is -0.803. The zero-order valence-corrected chi connectivity index (χ0v) is 17.1. The Morgan fingerprint density at radius 3 is 2.39 bits per heavy atom. The van der Waals surface area contributed by atoms with Gasteiger partial charge in [-0.05, 0) is 36.8 Å². The summed E-state index contributed by atoms with van der Waals surface area (Å²) in [4.78, 5) is 35.6. The molecule has 2 aromatic carbocycles. The van der Waals surface area contributed by atoms with Crippen LogP contribution in [0, 0.1) is 11.8 Å². The second kappa shape index (κ2) is 9.59. The molecule has 1 fully saturated rings. The van der Waals surface area contributed by atoms with Gasteiger partial charge in [0.1, 0.15) is 6.10 Å². The quantitative estimate of drug-likeness (QED) is 0.434. The van der Waals surface area contributed by atoms with Gasteiger partial charge in [0.25, 0.3) is 0 Å². The maximum Gasteiger partial charge on any atom is 0.416 e. The third-order valence-corrected chi connectivity index (χ3v) is 5.55. The Morgan fingerprint density at radius 1 is 1.06 bits per heavy atom. The molecule has 2 unspecified atom stereocenters. The summed E-state index contributed by atoms with van der Waals surface area (Å²) in [7, 11) is 0. The molecule has 0 saturated heterocycles. The van der Waals surface area contributed by atoms with Gasteiger partial charge in [0.2, 0.25) is 5.91 Å². The van der Waals surface area contributed by atoms with E-state index in [0.717, 1.165) is 12.1 Å². The summed E-state index contributed by atoms with van der Waals surface area (Å²) in [6.07, 6.45) is -7.24. The molecule has 0 bridgehead atoms. The van der Waals surface area contributed by atoms with Crippen LogP contribution in [0.25, 0.3) is 0 Å². The predicted molar refractivity (Wildman–Crippen MR) is 110 cm³/mol. The molecule has 0 radical (unpaired) electrons. The van der Waals surface area contributed by atoms with Crippen LogP contribution in [-0.4, -0.2) is 40.6 Å². The number of aliphatic hydroxyl groups excluding tert-OH is 1. The molecule has 5 N–H and O–H groups in total. The van der Waals surface area contributed by atoms with E-state index in [0.29, 0.717) is 12.4 Å². The molecule has 1 aliphatic carbocycles. The lowest BCUT2D eigenvalue weighted by atomic mass is 9.76. The zero-order valence-electron chi connectivity index (χ0n) is 17.1. The first-order valence-electron chi connectivity index (χ1n) is 9.94. The highest BCUT2D eigenvalue weighted by atomic mass is 19.4. The van der Waals surface area contributed by atoms with E-state index in [1.165, 1.54) is 12.1 Å². The minimum Gasteiger partial charge on any atom is -0.550 e. The van der Waals surface area contributed by atoms with Crippen molar-refractivity contribution in [3.8, 4) is 0 Å². The molecule has 0 aliphatic heterocycles. The highest BCUT2D eigenvalue weighted by molar-refractivity contribution is 5.99. The number of rotatable bonds is 6. The van der Waals surface area contributed by atoms with Crippen LogP contribution in [0.1, 0.15) is 28.8 Å². The fourth-order valence-electron chi connectivity index (χ4n) is 3.75. The standard InChI is InChI=1S/C22H21F3N2O6/c23-22(24,25)12-5-6-16(26-15-4-2-1-3-11(15)10-28)17(7-12)27-20(31)13-8-18(29)19(30)9-14(13)21(32)33/h1-7,10,13-14,18-19,26,29-30H,8-9H2,(H,27,31)(H,32,33)/t13-,14+,18?,19?/m0/s1. The Labute approximate surface area is 186 Å². The van der Waals surface area contributed by atoms with Crippen LogP contribution >= 0.6 is 0 Å². The van der Waals surface area contributed by atoms with Crippen molar-refractivity contribution in [2.75, 3.05) is 10.6 Å². The number of para-hydroxylation sites is 1. The maximum atomic E-state index is 13.3. The summed E-state index contributed by atoms with van der Waals surface area (Å²) in [6, 6.07) is 8.77. The largest absolute Gasteiger partial charge is 0.550 e. The van der Waals surface area contributed by atoms with Crippen molar-refractivity contribution in [1.29, 1.82) is 0 Å². The molecule has 11 heteroatoms. The Kier molecular flexibility index (Phi) is 7.04. The van der Waals surface area contributed by atoms with Crippen molar-refractivity contribution in [3.63, 3.8) is 0 Å². The number of hydrogen-bond donors (Lipinski definition) is 3. The van der Waals surface area contributed by atoms with Crippen LogP contribution in [0.2, 0.25) is 0 Å². The number of carboxylic acid groups (broad SMARTS) is 1. The van der Waals surface area contributed by atoms with E-state index in [2.05, 4.69) is 10.6 Å². The molecule has 0 aromatic heterocycles. The van der Waals surface area contributed by atoms with Crippen molar-refractivity contribution in [3.05, 3.63) is 53.6 Å². The first-order chi connectivity index (χ1) is 15.5. The van der Waals surface area contributed by atoms with Crippen LogP contribution in [0.4, 0.5) is 30.2 Å². The number of alkyl halides is 3. The van der Waals surface area contributed by atoms with Crippen LogP contribution in [-0.2, 0) is 15.8 Å². The van der Waals surface area contributed by atoms with E-state index < -0.39 is 47.7 Å². The fraction of sp³-hybridized carbons (Fsp3) is 0.318. The summed E-state index contributed by atoms with van der Waals surface area (Å²) >= 11 is 0. The normalized spacial score (nSPS) is 22.9. The molecule has 8 nitrogen and oxygen atoms in total. The molecular formula is C22H21F3N2O6. The van der Waals surface area contributed by atoms with Crippen molar-refractivity contribution in [1.82, 2.24) is 0 Å². The first kappa shape index (κ1) is 24.2. The second-order valence-electron chi connectivity index (χ2n) is 7.75. The Hall–Kier alpha value is -3.44. The molecule has 176 valence electrons.